The van der Waals surface area contributed by atoms with Crippen molar-refractivity contribution in [3.05, 3.63) is 28.8 Å². The first-order chi connectivity index (χ1) is 8.61. The molecule has 0 bridgehead atoms. The molecule has 18 heavy (non-hydrogen) atoms. The second-order valence-electron chi connectivity index (χ2n) is 4.65. The van der Waals surface area contributed by atoms with Gasteiger partial charge in [-0.3, -0.25) is 4.79 Å². The molecule has 0 aliphatic carbocycles. The Morgan fingerprint density at radius 2 is 1.94 bits per heavy atom. The molecule has 0 atom stereocenters. The largest absolute Gasteiger partial charge is 0.368 e. The molecule has 0 spiro atoms. The average molecular weight is 267 g/mol. The minimum atomic E-state index is 0.252. The van der Waals surface area contributed by atoms with Crippen molar-refractivity contribution in [2.24, 2.45) is 0 Å². The molecular formula is C14H19ClN2O. The van der Waals surface area contributed by atoms with Gasteiger partial charge in [0.05, 0.1) is 0 Å². The Hall–Kier alpha value is -1.22. The highest BCUT2D eigenvalue weighted by Gasteiger charge is 2.20. The van der Waals surface area contributed by atoms with Crippen LogP contribution in [0.1, 0.15) is 18.9 Å². The highest BCUT2D eigenvalue weighted by molar-refractivity contribution is 6.30. The fourth-order valence-electron chi connectivity index (χ4n) is 2.39. The molecule has 1 aromatic carbocycles. The number of piperazine rings is 1. The minimum Gasteiger partial charge on any atom is -0.368 e. The molecular weight excluding hydrogens is 248 g/mol. The van der Waals surface area contributed by atoms with Gasteiger partial charge < -0.3 is 9.80 Å². The van der Waals surface area contributed by atoms with Crippen LogP contribution in [0.4, 0.5) is 5.69 Å². The number of benzene rings is 1. The summed E-state index contributed by atoms with van der Waals surface area (Å²) in [5.74, 6) is 0.252. The summed E-state index contributed by atoms with van der Waals surface area (Å²) in [6.07, 6.45) is 0.597. The first-order valence-electron chi connectivity index (χ1n) is 6.40. The zero-order valence-corrected chi connectivity index (χ0v) is 11.7. The molecule has 0 unspecified atom stereocenters. The molecule has 3 nitrogen and oxygen atoms in total. The number of rotatable bonds is 2. The van der Waals surface area contributed by atoms with E-state index < -0.39 is 0 Å². The summed E-state index contributed by atoms with van der Waals surface area (Å²) in [6.45, 7) is 7.41. The second kappa shape index (κ2) is 5.61. The molecule has 1 aliphatic rings. The maximum atomic E-state index is 11.6. The summed E-state index contributed by atoms with van der Waals surface area (Å²) < 4.78 is 0. The number of hydrogen-bond acceptors (Lipinski definition) is 2. The van der Waals surface area contributed by atoms with Crippen LogP contribution in [-0.4, -0.2) is 37.0 Å². The number of hydrogen-bond donors (Lipinski definition) is 0. The minimum absolute atomic E-state index is 0.252. The van der Waals surface area contributed by atoms with Crippen LogP contribution in [0.3, 0.4) is 0 Å². The Labute approximate surface area is 113 Å². The normalized spacial score (nSPS) is 15.9. The summed E-state index contributed by atoms with van der Waals surface area (Å²) in [7, 11) is 0. The molecule has 4 heteroatoms. The van der Waals surface area contributed by atoms with Gasteiger partial charge in [0, 0.05) is 43.3 Å². The van der Waals surface area contributed by atoms with Gasteiger partial charge >= 0.3 is 0 Å². The maximum absolute atomic E-state index is 11.6. The molecule has 0 aromatic heterocycles. The van der Waals surface area contributed by atoms with Gasteiger partial charge in [-0.15, -0.1) is 0 Å². The Kier molecular flexibility index (Phi) is 4.12. The predicted molar refractivity (Wildman–Crippen MR) is 75.3 cm³/mol. The van der Waals surface area contributed by atoms with Crippen molar-refractivity contribution in [3.63, 3.8) is 0 Å². The van der Waals surface area contributed by atoms with E-state index in [9.17, 15) is 4.79 Å². The fraction of sp³-hybridized carbons (Fsp3) is 0.500. The SMILES string of the molecule is CCC(=O)N1CCN(c2ccc(Cl)cc2C)CC1. The summed E-state index contributed by atoms with van der Waals surface area (Å²) in [6, 6.07) is 5.98. The summed E-state index contributed by atoms with van der Waals surface area (Å²) in [5, 5.41) is 0.774. The fourth-order valence-corrected chi connectivity index (χ4v) is 2.62. The van der Waals surface area contributed by atoms with E-state index in [0.717, 1.165) is 31.2 Å². The van der Waals surface area contributed by atoms with Gasteiger partial charge in [-0.2, -0.15) is 0 Å². The first-order valence-corrected chi connectivity index (χ1v) is 6.78. The van der Waals surface area contributed by atoms with Crippen molar-refractivity contribution in [3.8, 4) is 0 Å². The third-order valence-corrected chi connectivity index (χ3v) is 3.67. The molecule has 1 aliphatic heterocycles. The van der Waals surface area contributed by atoms with Gasteiger partial charge in [-0.1, -0.05) is 18.5 Å². The molecule has 0 N–H and O–H groups in total. The number of aryl methyl sites for hydroxylation is 1. The number of carbonyl (C=O) groups excluding carboxylic acids is 1. The van der Waals surface area contributed by atoms with Crippen molar-refractivity contribution in [1.29, 1.82) is 0 Å². The number of amides is 1. The van der Waals surface area contributed by atoms with E-state index in [1.54, 1.807) is 0 Å². The molecule has 1 heterocycles. The quantitative estimate of drug-likeness (QED) is 0.822. The summed E-state index contributed by atoms with van der Waals surface area (Å²) in [4.78, 5) is 15.9. The average Bonchev–Trinajstić information content (AvgIpc) is 2.38. The van der Waals surface area contributed by atoms with Crippen LogP contribution >= 0.6 is 11.6 Å². The topological polar surface area (TPSA) is 23.6 Å². The molecule has 1 amide bonds. The molecule has 2 rings (SSSR count). The molecule has 1 fully saturated rings. The van der Waals surface area contributed by atoms with E-state index in [2.05, 4.69) is 17.9 Å². The lowest BCUT2D eigenvalue weighted by atomic mass is 10.1. The van der Waals surface area contributed by atoms with Crippen LogP contribution in [0.15, 0.2) is 18.2 Å². The summed E-state index contributed by atoms with van der Waals surface area (Å²) >= 11 is 5.97. The standard InChI is InChI=1S/C14H19ClN2O/c1-3-14(18)17-8-6-16(7-9-17)13-5-4-12(15)10-11(13)2/h4-5,10H,3,6-9H2,1-2H3. The Balaban J connectivity index is 2.03. The van der Waals surface area contributed by atoms with Crippen LogP contribution in [0.2, 0.25) is 5.02 Å². The zero-order chi connectivity index (χ0) is 13.1. The van der Waals surface area contributed by atoms with Gasteiger partial charge in [0.1, 0.15) is 0 Å². The van der Waals surface area contributed by atoms with E-state index in [4.69, 9.17) is 11.6 Å². The van der Waals surface area contributed by atoms with Crippen LogP contribution in [0.25, 0.3) is 0 Å². The van der Waals surface area contributed by atoms with Gasteiger partial charge in [0.25, 0.3) is 0 Å². The summed E-state index contributed by atoms with van der Waals surface area (Å²) in [5.41, 5.74) is 2.42. The smallest absolute Gasteiger partial charge is 0.222 e. The molecule has 0 radical (unpaired) electrons. The number of carbonyl (C=O) groups is 1. The van der Waals surface area contributed by atoms with Crippen LogP contribution in [-0.2, 0) is 4.79 Å². The highest BCUT2D eigenvalue weighted by Crippen LogP contribution is 2.24. The van der Waals surface area contributed by atoms with Gasteiger partial charge in [0.2, 0.25) is 5.91 Å². The van der Waals surface area contributed by atoms with E-state index in [-0.39, 0.29) is 5.91 Å². The third-order valence-electron chi connectivity index (χ3n) is 3.43. The lowest BCUT2D eigenvalue weighted by Gasteiger charge is -2.36. The lowest BCUT2D eigenvalue weighted by molar-refractivity contribution is -0.131. The third kappa shape index (κ3) is 2.78. The molecule has 98 valence electrons. The first kappa shape index (κ1) is 13.2. The van der Waals surface area contributed by atoms with E-state index in [0.29, 0.717) is 6.42 Å². The highest BCUT2D eigenvalue weighted by atomic mass is 35.5. The van der Waals surface area contributed by atoms with Crippen molar-refractivity contribution in [2.45, 2.75) is 20.3 Å². The predicted octanol–water partition coefficient (Wildman–Crippen LogP) is 2.71. The molecule has 1 saturated heterocycles. The monoisotopic (exact) mass is 266 g/mol. The Bertz CT molecular complexity index is 439. The van der Waals surface area contributed by atoms with E-state index in [1.807, 2.05) is 24.0 Å². The van der Waals surface area contributed by atoms with Crippen LogP contribution in [0, 0.1) is 6.92 Å². The van der Waals surface area contributed by atoms with Gasteiger partial charge in [-0.25, -0.2) is 0 Å². The maximum Gasteiger partial charge on any atom is 0.222 e. The van der Waals surface area contributed by atoms with Crippen molar-refractivity contribution >= 4 is 23.2 Å². The lowest BCUT2D eigenvalue weighted by Crippen LogP contribution is -2.48. The number of halogens is 1. The van der Waals surface area contributed by atoms with Crippen molar-refractivity contribution < 1.29 is 4.79 Å². The Morgan fingerprint density at radius 3 is 2.50 bits per heavy atom. The van der Waals surface area contributed by atoms with E-state index >= 15 is 0 Å². The number of nitrogens with zero attached hydrogens (tertiary/aromatic N) is 2. The molecule has 1 aromatic rings. The molecule has 0 saturated carbocycles. The van der Waals surface area contributed by atoms with Crippen molar-refractivity contribution in [2.75, 3.05) is 31.1 Å². The van der Waals surface area contributed by atoms with E-state index in [1.165, 1.54) is 11.3 Å². The van der Waals surface area contributed by atoms with Gasteiger partial charge in [0.15, 0.2) is 0 Å². The Morgan fingerprint density at radius 1 is 1.28 bits per heavy atom. The van der Waals surface area contributed by atoms with Crippen LogP contribution < -0.4 is 4.90 Å². The van der Waals surface area contributed by atoms with Crippen LogP contribution in [0.5, 0.6) is 0 Å². The van der Waals surface area contributed by atoms with Crippen molar-refractivity contribution in [1.82, 2.24) is 4.90 Å². The number of anilines is 1. The van der Waals surface area contributed by atoms with Gasteiger partial charge in [-0.05, 0) is 30.7 Å². The second-order valence-corrected chi connectivity index (χ2v) is 5.09. The zero-order valence-electron chi connectivity index (χ0n) is 10.9.